The van der Waals surface area contributed by atoms with Gasteiger partial charge in [0, 0.05) is 29.1 Å². The molecule has 2 aromatic rings. The summed E-state index contributed by atoms with van der Waals surface area (Å²) in [6.45, 7) is 3.98. The van der Waals surface area contributed by atoms with E-state index >= 15 is 0 Å². The third kappa shape index (κ3) is 2.25. The Kier molecular flexibility index (Phi) is 3.41. The summed E-state index contributed by atoms with van der Waals surface area (Å²) < 4.78 is 5.01. The van der Waals surface area contributed by atoms with Crippen LogP contribution in [0.2, 0.25) is 0 Å². The zero-order valence-corrected chi connectivity index (χ0v) is 10.8. The first-order chi connectivity index (χ1) is 8.65. The van der Waals surface area contributed by atoms with Gasteiger partial charge in [-0.1, -0.05) is 6.92 Å². The summed E-state index contributed by atoms with van der Waals surface area (Å²) in [5.41, 5.74) is 8.67. The molecule has 94 valence electrons. The first-order valence-electron chi connectivity index (χ1n) is 5.79. The van der Waals surface area contributed by atoms with Crippen LogP contribution in [-0.4, -0.2) is 22.1 Å². The maximum atomic E-state index is 5.93. The summed E-state index contributed by atoms with van der Waals surface area (Å²) in [7, 11) is 1.58. The summed E-state index contributed by atoms with van der Waals surface area (Å²) in [4.78, 5) is 12.9. The number of hydrogen-bond donors (Lipinski definition) is 1. The minimum absolute atomic E-state index is 0.538. The second-order valence-corrected chi connectivity index (χ2v) is 3.94. The van der Waals surface area contributed by atoms with Gasteiger partial charge in [-0.15, -0.1) is 0 Å². The average Bonchev–Trinajstić information content (AvgIpc) is 2.38. The predicted molar refractivity (Wildman–Crippen MR) is 70.3 cm³/mol. The van der Waals surface area contributed by atoms with Gasteiger partial charge in [0.1, 0.15) is 5.82 Å². The number of ether oxygens (including phenoxy) is 1. The van der Waals surface area contributed by atoms with Crippen molar-refractivity contribution in [2.24, 2.45) is 0 Å². The Morgan fingerprint density at radius 3 is 2.56 bits per heavy atom. The van der Waals surface area contributed by atoms with Gasteiger partial charge < -0.3 is 10.5 Å². The molecule has 0 aliphatic heterocycles. The minimum Gasteiger partial charge on any atom is -0.481 e. The number of rotatable bonds is 3. The zero-order chi connectivity index (χ0) is 13.1. The van der Waals surface area contributed by atoms with Crippen LogP contribution in [0.3, 0.4) is 0 Å². The molecule has 0 aromatic carbocycles. The molecule has 0 unspecified atom stereocenters. The van der Waals surface area contributed by atoms with Gasteiger partial charge in [-0.2, -0.15) is 0 Å². The Morgan fingerprint density at radius 2 is 2.06 bits per heavy atom. The van der Waals surface area contributed by atoms with Crippen molar-refractivity contribution < 1.29 is 4.74 Å². The number of aromatic nitrogens is 3. The molecule has 0 saturated heterocycles. The molecule has 0 saturated carbocycles. The van der Waals surface area contributed by atoms with E-state index < -0.39 is 0 Å². The smallest absolute Gasteiger partial charge is 0.212 e. The van der Waals surface area contributed by atoms with E-state index in [1.165, 1.54) is 0 Å². The highest BCUT2D eigenvalue weighted by atomic mass is 16.5. The molecular weight excluding hydrogens is 228 g/mol. The molecule has 0 amide bonds. The lowest BCUT2D eigenvalue weighted by Gasteiger charge is -2.08. The largest absolute Gasteiger partial charge is 0.481 e. The molecule has 0 aliphatic carbocycles. The van der Waals surface area contributed by atoms with Crippen molar-refractivity contribution in [3.8, 4) is 17.3 Å². The van der Waals surface area contributed by atoms with Gasteiger partial charge in [-0.3, -0.25) is 0 Å². The van der Waals surface area contributed by atoms with Crippen molar-refractivity contribution in [3.63, 3.8) is 0 Å². The highest BCUT2D eigenvalue weighted by molar-refractivity contribution is 5.58. The maximum Gasteiger partial charge on any atom is 0.212 e. The fourth-order valence-corrected chi connectivity index (χ4v) is 1.82. The summed E-state index contributed by atoms with van der Waals surface area (Å²) in [6, 6.07) is 3.64. The Bertz CT molecular complexity index is 528. The van der Waals surface area contributed by atoms with Crippen LogP contribution in [-0.2, 0) is 6.42 Å². The molecule has 2 N–H and O–H groups in total. The fourth-order valence-electron chi connectivity index (χ4n) is 1.82. The van der Waals surface area contributed by atoms with Crippen molar-refractivity contribution in [2.75, 3.05) is 12.8 Å². The number of pyridine rings is 1. The quantitative estimate of drug-likeness (QED) is 0.893. The van der Waals surface area contributed by atoms with Crippen molar-refractivity contribution in [1.29, 1.82) is 0 Å². The van der Waals surface area contributed by atoms with Crippen LogP contribution in [0.25, 0.3) is 11.4 Å². The summed E-state index contributed by atoms with van der Waals surface area (Å²) in [5.74, 6) is 1.70. The van der Waals surface area contributed by atoms with Gasteiger partial charge >= 0.3 is 0 Å². The number of hydrogen-bond acceptors (Lipinski definition) is 5. The molecule has 0 atom stereocenters. The fraction of sp³-hybridized carbons (Fsp3) is 0.308. The molecule has 2 rings (SSSR count). The van der Waals surface area contributed by atoms with Crippen LogP contribution in [0.4, 0.5) is 5.82 Å². The van der Waals surface area contributed by atoms with Crippen LogP contribution in [0.1, 0.15) is 18.2 Å². The minimum atomic E-state index is 0.538. The van der Waals surface area contributed by atoms with Crippen LogP contribution < -0.4 is 10.5 Å². The summed E-state index contributed by atoms with van der Waals surface area (Å²) in [5, 5.41) is 0. The van der Waals surface area contributed by atoms with Gasteiger partial charge in [0.05, 0.1) is 7.11 Å². The van der Waals surface area contributed by atoms with Crippen molar-refractivity contribution in [1.82, 2.24) is 15.0 Å². The van der Waals surface area contributed by atoms with E-state index in [4.69, 9.17) is 10.5 Å². The average molecular weight is 244 g/mol. The van der Waals surface area contributed by atoms with Crippen LogP contribution in [0.5, 0.6) is 5.88 Å². The predicted octanol–water partition coefficient (Wildman–Crippen LogP) is 2.00. The zero-order valence-electron chi connectivity index (χ0n) is 10.8. The molecule has 2 heterocycles. The second kappa shape index (κ2) is 5.00. The highest BCUT2D eigenvalue weighted by Crippen LogP contribution is 2.21. The molecule has 0 radical (unpaired) electrons. The Labute approximate surface area is 106 Å². The molecule has 0 aliphatic rings. The van der Waals surface area contributed by atoms with E-state index in [1.54, 1.807) is 19.4 Å². The van der Waals surface area contributed by atoms with E-state index in [-0.39, 0.29) is 0 Å². The molecule has 0 spiro atoms. The van der Waals surface area contributed by atoms with E-state index in [0.29, 0.717) is 17.5 Å². The molecular formula is C13H16N4O. The maximum absolute atomic E-state index is 5.93. The van der Waals surface area contributed by atoms with E-state index in [1.807, 2.05) is 19.9 Å². The lowest BCUT2D eigenvalue weighted by molar-refractivity contribution is 0.398. The molecule has 0 fully saturated rings. The van der Waals surface area contributed by atoms with Gasteiger partial charge in [0.15, 0.2) is 5.82 Å². The van der Waals surface area contributed by atoms with Crippen LogP contribution >= 0.6 is 0 Å². The molecule has 5 heteroatoms. The van der Waals surface area contributed by atoms with Crippen LogP contribution in [0, 0.1) is 6.92 Å². The standard InChI is InChI=1S/C13H16N4O/c1-4-10-8(2)16-13(17-12(10)14)9-5-6-11(18-3)15-7-9/h5-7H,4H2,1-3H3,(H2,14,16,17). The first-order valence-corrected chi connectivity index (χ1v) is 5.79. The number of anilines is 1. The Balaban J connectivity index is 2.44. The third-order valence-corrected chi connectivity index (χ3v) is 2.80. The Hall–Kier alpha value is -2.17. The molecule has 18 heavy (non-hydrogen) atoms. The molecule has 2 aromatic heterocycles. The monoisotopic (exact) mass is 244 g/mol. The SMILES string of the molecule is CCc1c(C)nc(-c2ccc(OC)nc2)nc1N. The topological polar surface area (TPSA) is 73.9 Å². The lowest BCUT2D eigenvalue weighted by atomic mass is 10.1. The van der Waals surface area contributed by atoms with Gasteiger partial charge in [0.2, 0.25) is 5.88 Å². The van der Waals surface area contributed by atoms with Gasteiger partial charge in [0.25, 0.3) is 0 Å². The second-order valence-electron chi connectivity index (χ2n) is 3.94. The first kappa shape index (κ1) is 12.3. The third-order valence-electron chi connectivity index (χ3n) is 2.80. The van der Waals surface area contributed by atoms with Crippen LogP contribution in [0.15, 0.2) is 18.3 Å². The normalized spacial score (nSPS) is 10.4. The van der Waals surface area contributed by atoms with Crippen molar-refractivity contribution >= 4 is 5.82 Å². The highest BCUT2D eigenvalue weighted by Gasteiger charge is 2.09. The number of aryl methyl sites for hydroxylation is 1. The number of nitrogens with zero attached hydrogens (tertiary/aromatic N) is 3. The Morgan fingerprint density at radius 1 is 1.28 bits per heavy atom. The molecule has 5 nitrogen and oxygen atoms in total. The lowest BCUT2D eigenvalue weighted by Crippen LogP contribution is -2.04. The van der Waals surface area contributed by atoms with E-state index in [0.717, 1.165) is 23.2 Å². The summed E-state index contributed by atoms with van der Waals surface area (Å²) >= 11 is 0. The van der Waals surface area contributed by atoms with E-state index in [2.05, 4.69) is 15.0 Å². The van der Waals surface area contributed by atoms with E-state index in [9.17, 15) is 0 Å². The number of nitrogens with two attached hydrogens (primary N) is 1. The van der Waals surface area contributed by atoms with Gasteiger partial charge in [-0.05, 0) is 19.4 Å². The number of nitrogen functional groups attached to an aromatic ring is 1. The summed E-state index contributed by atoms with van der Waals surface area (Å²) in [6.07, 6.45) is 2.51. The van der Waals surface area contributed by atoms with Crippen molar-refractivity contribution in [2.45, 2.75) is 20.3 Å². The number of methoxy groups -OCH3 is 1. The molecule has 0 bridgehead atoms. The van der Waals surface area contributed by atoms with Crippen molar-refractivity contribution in [3.05, 3.63) is 29.6 Å². The van der Waals surface area contributed by atoms with Gasteiger partial charge in [-0.25, -0.2) is 15.0 Å².